The maximum absolute atomic E-state index is 2.33. The van der Waals surface area contributed by atoms with Gasteiger partial charge in [-0.1, -0.05) is 51.5 Å². The largest absolute Gasteiger partial charge is 0.0651 e. The zero-order valence-electron chi connectivity index (χ0n) is 9.17. The van der Waals surface area contributed by atoms with Gasteiger partial charge in [-0.15, -0.1) is 0 Å². The summed E-state index contributed by atoms with van der Waals surface area (Å²) in [4.78, 5) is 0. The minimum absolute atomic E-state index is 0.686. The number of benzene rings is 1. The summed E-state index contributed by atoms with van der Waals surface area (Å²) < 4.78 is 0. The van der Waals surface area contributed by atoms with Crippen LogP contribution in [0.25, 0.3) is 0 Å². The molecule has 0 saturated carbocycles. The zero-order chi connectivity index (χ0) is 9.84. The van der Waals surface area contributed by atoms with Gasteiger partial charge in [0, 0.05) is 0 Å². The number of aryl methyl sites for hydroxylation is 1. The van der Waals surface area contributed by atoms with Gasteiger partial charge in [0.2, 0.25) is 0 Å². The first-order chi connectivity index (χ1) is 6.16. The third-order valence-corrected chi connectivity index (χ3v) is 3.18. The van der Waals surface area contributed by atoms with E-state index in [9.17, 15) is 0 Å². The van der Waals surface area contributed by atoms with Crippen LogP contribution in [-0.4, -0.2) is 0 Å². The lowest BCUT2D eigenvalue weighted by Crippen LogP contribution is -2.06. The van der Waals surface area contributed by atoms with Crippen molar-refractivity contribution in [2.24, 2.45) is 5.92 Å². The van der Waals surface area contributed by atoms with E-state index in [-0.39, 0.29) is 0 Å². The number of rotatable bonds is 3. The zero-order valence-corrected chi connectivity index (χ0v) is 9.17. The van der Waals surface area contributed by atoms with Crippen molar-refractivity contribution in [1.82, 2.24) is 0 Å². The molecular weight excluding hydrogens is 156 g/mol. The van der Waals surface area contributed by atoms with Crippen molar-refractivity contribution in [2.45, 2.75) is 40.0 Å². The summed E-state index contributed by atoms with van der Waals surface area (Å²) in [7, 11) is 0. The topological polar surface area (TPSA) is 0 Å². The van der Waals surface area contributed by atoms with E-state index in [0.29, 0.717) is 5.92 Å². The lowest BCUT2D eigenvalue weighted by atomic mass is 9.85. The highest BCUT2D eigenvalue weighted by Crippen LogP contribution is 2.28. The van der Waals surface area contributed by atoms with Gasteiger partial charge in [0.05, 0.1) is 0 Å². The fourth-order valence-electron chi connectivity index (χ4n) is 1.76. The fourth-order valence-corrected chi connectivity index (χ4v) is 1.76. The molecule has 0 unspecified atom stereocenters. The Morgan fingerprint density at radius 3 is 2.31 bits per heavy atom. The summed E-state index contributed by atoms with van der Waals surface area (Å²) in [6.45, 7) is 9.13. The van der Waals surface area contributed by atoms with Crippen molar-refractivity contribution in [3.8, 4) is 0 Å². The predicted octanol–water partition coefficient (Wildman–Crippen LogP) is 4.14. The van der Waals surface area contributed by atoms with Crippen LogP contribution in [0.5, 0.6) is 0 Å². The Labute approximate surface area is 82.0 Å². The van der Waals surface area contributed by atoms with Crippen molar-refractivity contribution in [3.05, 3.63) is 35.4 Å². The van der Waals surface area contributed by atoms with Gasteiger partial charge < -0.3 is 0 Å². The smallest absolute Gasteiger partial charge is 0.0162 e. The summed E-state index contributed by atoms with van der Waals surface area (Å²) in [5, 5.41) is 0. The highest BCUT2D eigenvalue weighted by molar-refractivity contribution is 5.28. The summed E-state index contributed by atoms with van der Waals surface area (Å²) in [6.07, 6.45) is 1.26. The molecule has 0 aliphatic carbocycles. The summed E-state index contributed by atoms with van der Waals surface area (Å²) in [6, 6.07) is 8.71. The maximum atomic E-state index is 2.33. The molecule has 0 heteroatoms. The monoisotopic (exact) mass is 176 g/mol. The molecule has 0 amide bonds. The van der Waals surface area contributed by atoms with Gasteiger partial charge in [-0.2, -0.15) is 0 Å². The first kappa shape index (κ1) is 10.3. The van der Waals surface area contributed by atoms with Gasteiger partial charge in [-0.05, 0) is 29.9 Å². The van der Waals surface area contributed by atoms with Crippen LogP contribution < -0.4 is 0 Å². The second kappa shape index (κ2) is 4.45. The van der Waals surface area contributed by atoms with Crippen LogP contribution in [-0.2, 0) is 0 Å². The van der Waals surface area contributed by atoms with Crippen LogP contribution in [0, 0.1) is 12.8 Å². The predicted molar refractivity (Wildman–Crippen MR) is 59.0 cm³/mol. The second-order valence-corrected chi connectivity index (χ2v) is 4.03. The Morgan fingerprint density at radius 1 is 1.15 bits per heavy atom. The Balaban J connectivity index is 2.88. The van der Waals surface area contributed by atoms with Crippen molar-refractivity contribution in [2.75, 3.05) is 0 Å². The number of hydrogen-bond acceptors (Lipinski definition) is 0. The first-order valence-electron chi connectivity index (χ1n) is 5.22. The highest BCUT2D eigenvalue weighted by atomic mass is 14.2. The van der Waals surface area contributed by atoms with Crippen molar-refractivity contribution in [3.63, 3.8) is 0 Å². The average molecular weight is 176 g/mol. The molecule has 1 aromatic carbocycles. The van der Waals surface area contributed by atoms with E-state index in [4.69, 9.17) is 0 Å². The van der Waals surface area contributed by atoms with Crippen molar-refractivity contribution in [1.29, 1.82) is 0 Å². The molecule has 0 heterocycles. The average Bonchev–Trinajstić information content (AvgIpc) is 2.16. The van der Waals surface area contributed by atoms with Crippen molar-refractivity contribution < 1.29 is 0 Å². The fraction of sp³-hybridized carbons (Fsp3) is 0.538. The molecule has 0 N–H and O–H groups in total. The Morgan fingerprint density at radius 2 is 1.77 bits per heavy atom. The molecule has 2 atom stereocenters. The SMILES string of the molecule is CC[C@H](C)[C@H](C)c1ccccc1C. The van der Waals surface area contributed by atoms with Gasteiger partial charge in [-0.3, -0.25) is 0 Å². The lowest BCUT2D eigenvalue weighted by Gasteiger charge is -2.20. The van der Waals surface area contributed by atoms with Crippen LogP contribution >= 0.6 is 0 Å². The van der Waals surface area contributed by atoms with Gasteiger partial charge in [-0.25, -0.2) is 0 Å². The molecule has 0 bridgehead atoms. The molecule has 0 aliphatic rings. The molecule has 72 valence electrons. The van der Waals surface area contributed by atoms with E-state index >= 15 is 0 Å². The van der Waals surface area contributed by atoms with Crippen LogP contribution in [0.3, 0.4) is 0 Å². The molecule has 0 spiro atoms. The third kappa shape index (κ3) is 2.33. The lowest BCUT2D eigenvalue weighted by molar-refractivity contribution is 0.472. The Bertz CT molecular complexity index is 262. The minimum atomic E-state index is 0.686. The molecule has 0 radical (unpaired) electrons. The quantitative estimate of drug-likeness (QED) is 0.649. The third-order valence-electron chi connectivity index (χ3n) is 3.18. The molecule has 13 heavy (non-hydrogen) atoms. The normalized spacial score (nSPS) is 15.4. The molecule has 0 nitrogen and oxygen atoms in total. The first-order valence-corrected chi connectivity index (χ1v) is 5.22. The minimum Gasteiger partial charge on any atom is -0.0651 e. The molecule has 0 saturated heterocycles. The molecule has 0 fully saturated rings. The van der Waals surface area contributed by atoms with E-state index in [1.54, 1.807) is 0 Å². The Kier molecular flexibility index (Phi) is 3.53. The number of hydrogen-bond donors (Lipinski definition) is 0. The summed E-state index contributed by atoms with van der Waals surface area (Å²) in [5.41, 5.74) is 2.94. The van der Waals surface area contributed by atoms with E-state index in [2.05, 4.69) is 52.0 Å². The van der Waals surface area contributed by atoms with Crippen LogP contribution in [0.2, 0.25) is 0 Å². The van der Waals surface area contributed by atoms with Gasteiger partial charge in [0.25, 0.3) is 0 Å². The van der Waals surface area contributed by atoms with Crippen molar-refractivity contribution >= 4 is 0 Å². The second-order valence-electron chi connectivity index (χ2n) is 4.03. The summed E-state index contributed by atoms with van der Waals surface area (Å²) >= 11 is 0. The summed E-state index contributed by atoms with van der Waals surface area (Å²) in [5.74, 6) is 1.47. The van der Waals surface area contributed by atoms with E-state index in [1.165, 1.54) is 17.5 Å². The van der Waals surface area contributed by atoms with E-state index < -0.39 is 0 Å². The standard InChI is InChI=1S/C13H20/c1-5-10(2)12(4)13-9-7-6-8-11(13)3/h6-10,12H,5H2,1-4H3/t10-,12-/m0/s1. The maximum Gasteiger partial charge on any atom is -0.0162 e. The van der Waals surface area contributed by atoms with E-state index in [0.717, 1.165) is 5.92 Å². The molecule has 0 aromatic heterocycles. The molecule has 0 aliphatic heterocycles. The Hall–Kier alpha value is -0.780. The van der Waals surface area contributed by atoms with Gasteiger partial charge in [0.1, 0.15) is 0 Å². The van der Waals surface area contributed by atoms with Crippen LogP contribution in [0.4, 0.5) is 0 Å². The molecule has 1 rings (SSSR count). The van der Waals surface area contributed by atoms with Gasteiger partial charge in [0.15, 0.2) is 0 Å². The van der Waals surface area contributed by atoms with Crippen LogP contribution in [0.15, 0.2) is 24.3 Å². The molecular formula is C13H20. The van der Waals surface area contributed by atoms with Gasteiger partial charge >= 0.3 is 0 Å². The van der Waals surface area contributed by atoms with E-state index in [1.807, 2.05) is 0 Å². The molecule has 1 aromatic rings. The highest BCUT2D eigenvalue weighted by Gasteiger charge is 2.13. The van der Waals surface area contributed by atoms with Crippen LogP contribution in [0.1, 0.15) is 44.2 Å².